The number of carbonyl (C=O) groups is 1. The third-order valence-electron chi connectivity index (χ3n) is 1.46. The fourth-order valence-corrected chi connectivity index (χ4v) is 0.947. The molecule has 0 saturated carbocycles. The molecule has 0 aliphatic rings. The van der Waals surface area contributed by atoms with Crippen molar-refractivity contribution in [1.82, 2.24) is 4.90 Å². The zero-order valence-corrected chi connectivity index (χ0v) is 6.92. The molecule has 0 spiro atoms. The van der Waals surface area contributed by atoms with E-state index in [1.165, 1.54) is 0 Å². The number of nitrogens with zero attached hydrogens (tertiary/aromatic N) is 1. The van der Waals surface area contributed by atoms with Crippen LogP contribution in [0.5, 0.6) is 0 Å². The van der Waals surface area contributed by atoms with E-state index in [4.69, 9.17) is 5.73 Å². The topological polar surface area (TPSA) is 46.3 Å². The summed E-state index contributed by atoms with van der Waals surface area (Å²) in [6, 6.07) is 0.265. The minimum absolute atomic E-state index is 0.0255. The second-order valence-electron chi connectivity index (χ2n) is 2.48. The van der Waals surface area contributed by atoms with Gasteiger partial charge in [0.2, 0.25) is 5.91 Å². The van der Waals surface area contributed by atoms with Crippen LogP contribution < -0.4 is 5.73 Å². The van der Waals surface area contributed by atoms with Crippen molar-refractivity contribution in [3.8, 4) is 0 Å². The van der Waals surface area contributed by atoms with E-state index in [0.29, 0.717) is 0 Å². The number of amides is 1. The highest BCUT2D eigenvalue weighted by Gasteiger charge is 2.11. The van der Waals surface area contributed by atoms with Crippen LogP contribution in [0.4, 0.5) is 0 Å². The second kappa shape index (κ2) is 4.28. The SMILES string of the molecule is CCN(C(=O)CN)C(C)C. The van der Waals surface area contributed by atoms with E-state index in [2.05, 4.69) is 0 Å². The maximum absolute atomic E-state index is 11.0. The zero-order valence-electron chi connectivity index (χ0n) is 6.92. The Morgan fingerprint density at radius 1 is 1.60 bits per heavy atom. The molecule has 0 aliphatic heterocycles. The lowest BCUT2D eigenvalue weighted by molar-refractivity contribution is -0.131. The van der Waals surface area contributed by atoms with Crippen molar-refractivity contribution in [3.05, 3.63) is 0 Å². The van der Waals surface area contributed by atoms with Gasteiger partial charge in [0.15, 0.2) is 0 Å². The van der Waals surface area contributed by atoms with Gasteiger partial charge in [-0.25, -0.2) is 0 Å². The molecule has 0 aromatic rings. The lowest BCUT2D eigenvalue weighted by atomic mass is 10.3. The largest absolute Gasteiger partial charge is 0.339 e. The van der Waals surface area contributed by atoms with Crippen LogP contribution in [0.25, 0.3) is 0 Å². The molecule has 0 radical (unpaired) electrons. The summed E-state index contributed by atoms with van der Waals surface area (Å²) in [6.45, 7) is 6.78. The first-order valence-electron chi connectivity index (χ1n) is 3.63. The highest BCUT2D eigenvalue weighted by Crippen LogP contribution is 1.96. The van der Waals surface area contributed by atoms with Crippen molar-refractivity contribution in [3.63, 3.8) is 0 Å². The summed E-state index contributed by atoms with van der Waals surface area (Å²) < 4.78 is 0. The van der Waals surface area contributed by atoms with Crippen LogP contribution in [-0.2, 0) is 4.79 Å². The summed E-state index contributed by atoms with van der Waals surface area (Å²) in [4.78, 5) is 12.7. The van der Waals surface area contributed by atoms with Crippen LogP contribution in [-0.4, -0.2) is 29.9 Å². The summed E-state index contributed by atoms with van der Waals surface area (Å²) in [7, 11) is 0. The Bertz CT molecular complexity index is 112. The quantitative estimate of drug-likeness (QED) is 0.615. The number of carbonyl (C=O) groups excluding carboxylic acids is 1. The average molecular weight is 144 g/mol. The molecule has 3 nitrogen and oxygen atoms in total. The molecule has 1 amide bonds. The third kappa shape index (κ3) is 2.35. The van der Waals surface area contributed by atoms with Gasteiger partial charge >= 0.3 is 0 Å². The number of hydrogen-bond donors (Lipinski definition) is 1. The first-order valence-corrected chi connectivity index (χ1v) is 3.63. The molecule has 0 fully saturated rings. The van der Waals surface area contributed by atoms with Crippen molar-refractivity contribution >= 4 is 5.91 Å². The Kier molecular flexibility index (Phi) is 4.03. The fraction of sp³-hybridized carbons (Fsp3) is 0.857. The van der Waals surface area contributed by atoms with E-state index < -0.39 is 0 Å². The second-order valence-corrected chi connectivity index (χ2v) is 2.48. The minimum atomic E-state index is 0.0255. The molecule has 0 aliphatic carbocycles. The Balaban J connectivity index is 3.93. The van der Waals surface area contributed by atoms with E-state index in [-0.39, 0.29) is 18.5 Å². The molecule has 0 bridgehead atoms. The van der Waals surface area contributed by atoms with E-state index in [1.54, 1.807) is 4.90 Å². The van der Waals surface area contributed by atoms with Gasteiger partial charge in [-0.15, -0.1) is 0 Å². The minimum Gasteiger partial charge on any atom is -0.339 e. The molecule has 0 atom stereocenters. The number of nitrogens with two attached hydrogens (primary N) is 1. The highest BCUT2D eigenvalue weighted by molar-refractivity contribution is 5.78. The van der Waals surface area contributed by atoms with Crippen LogP contribution >= 0.6 is 0 Å². The number of rotatable bonds is 3. The van der Waals surface area contributed by atoms with Gasteiger partial charge in [0.25, 0.3) is 0 Å². The van der Waals surface area contributed by atoms with Crippen LogP contribution in [0.2, 0.25) is 0 Å². The fourth-order valence-electron chi connectivity index (χ4n) is 0.947. The molecule has 2 N–H and O–H groups in total. The summed E-state index contributed by atoms with van der Waals surface area (Å²) in [5.74, 6) is 0.0255. The molecular formula is C7H16N2O. The van der Waals surface area contributed by atoms with Crippen molar-refractivity contribution in [1.29, 1.82) is 0 Å². The van der Waals surface area contributed by atoms with Gasteiger partial charge in [-0.2, -0.15) is 0 Å². The van der Waals surface area contributed by atoms with Gasteiger partial charge in [-0.05, 0) is 20.8 Å². The normalized spacial score (nSPS) is 10.1. The molecule has 0 aromatic carbocycles. The summed E-state index contributed by atoms with van der Waals surface area (Å²) >= 11 is 0. The monoisotopic (exact) mass is 144 g/mol. The van der Waals surface area contributed by atoms with Crippen LogP contribution in [0.1, 0.15) is 20.8 Å². The van der Waals surface area contributed by atoms with Crippen molar-refractivity contribution in [2.45, 2.75) is 26.8 Å². The molecule has 0 aromatic heterocycles. The van der Waals surface area contributed by atoms with Crippen LogP contribution in [0, 0.1) is 0 Å². The summed E-state index contributed by atoms with van der Waals surface area (Å²) in [5.41, 5.74) is 5.20. The van der Waals surface area contributed by atoms with Gasteiger partial charge in [0.05, 0.1) is 6.54 Å². The molecule has 0 saturated heterocycles. The maximum Gasteiger partial charge on any atom is 0.236 e. The van der Waals surface area contributed by atoms with E-state index >= 15 is 0 Å². The zero-order chi connectivity index (χ0) is 8.15. The molecule has 0 unspecified atom stereocenters. The maximum atomic E-state index is 11.0. The van der Waals surface area contributed by atoms with Crippen LogP contribution in [0.15, 0.2) is 0 Å². The van der Waals surface area contributed by atoms with Crippen molar-refractivity contribution in [2.75, 3.05) is 13.1 Å². The molecule has 3 heteroatoms. The predicted octanol–water partition coefficient (Wildman–Crippen LogP) is 0.202. The predicted molar refractivity (Wildman–Crippen MR) is 41.6 cm³/mol. The first kappa shape index (κ1) is 9.43. The molecule has 0 rings (SSSR count). The standard InChI is InChI=1S/C7H16N2O/c1-4-9(6(2)3)7(10)5-8/h6H,4-5,8H2,1-3H3. The Labute approximate surface area is 62.2 Å². The molecule has 0 heterocycles. The van der Waals surface area contributed by atoms with Gasteiger partial charge in [-0.1, -0.05) is 0 Å². The van der Waals surface area contributed by atoms with Crippen LogP contribution in [0.3, 0.4) is 0 Å². The van der Waals surface area contributed by atoms with Gasteiger partial charge < -0.3 is 10.6 Å². The third-order valence-corrected chi connectivity index (χ3v) is 1.46. The smallest absolute Gasteiger partial charge is 0.236 e. The van der Waals surface area contributed by atoms with Gasteiger partial charge in [-0.3, -0.25) is 4.79 Å². The summed E-state index contributed by atoms with van der Waals surface area (Å²) in [6.07, 6.45) is 0. The first-order chi connectivity index (χ1) is 4.63. The number of likely N-dealkylation sites (N-methyl/N-ethyl adjacent to an activating group) is 1. The molecule has 10 heavy (non-hydrogen) atoms. The van der Waals surface area contributed by atoms with E-state index in [1.807, 2.05) is 20.8 Å². The van der Waals surface area contributed by atoms with E-state index in [9.17, 15) is 4.79 Å². The van der Waals surface area contributed by atoms with Crippen molar-refractivity contribution in [2.24, 2.45) is 5.73 Å². The molecule has 60 valence electrons. The molecular weight excluding hydrogens is 128 g/mol. The van der Waals surface area contributed by atoms with Crippen molar-refractivity contribution < 1.29 is 4.79 Å². The number of hydrogen-bond acceptors (Lipinski definition) is 2. The van der Waals surface area contributed by atoms with Gasteiger partial charge in [0.1, 0.15) is 0 Å². The Morgan fingerprint density at radius 2 is 2.10 bits per heavy atom. The van der Waals surface area contributed by atoms with E-state index in [0.717, 1.165) is 6.54 Å². The Hall–Kier alpha value is -0.570. The lowest BCUT2D eigenvalue weighted by Crippen LogP contribution is -2.40. The van der Waals surface area contributed by atoms with Gasteiger partial charge in [0, 0.05) is 12.6 Å². The average Bonchev–Trinajstić information content (AvgIpc) is 1.88. The Morgan fingerprint density at radius 3 is 2.20 bits per heavy atom. The highest BCUT2D eigenvalue weighted by atomic mass is 16.2. The lowest BCUT2D eigenvalue weighted by Gasteiger charge is -2.24. The summed E-state index contributed by atoms with van der Waals surface area (Å²) in [5, 5.41) is 0.